The largest absolute Gasteiger partial charge is 0.457 e. The lowest BCUT2D eigenvalue weighted by atomic mass is 10.0. The summed E-state index contributed by atoms with van der Waals surface area (Å²) < 4.78 is 24.9. The van der Waals surface area contributed by atoms with E-state index in [4.69, 9.17) is 18.9 Å². The normalized spacial score (nSPS) is 10.5. The minimum atomic E-state index is 0.598. The number of ether oxygens (including phenoxy) is 4. The van der Waals surface area contributed by atoms with Crippen molar-refractivity contribution in [3.63, 3.8) is 0 Å². The molecule has 0 saturated carbocycles. The van der Waals surface area contributed by atoms with Gasteiger partial charge in [0.05, 0.1) is 0 Å². The second kappa shape index (κ2) is 11.9. The van der Waals surface area contributed by atoms with Crippen LogP contribution >= 0.6 is 0 Å². The SMILES string of the molecule is c1ccc(Oc2cccc(Oc3ccccc3-c3ccc(Oc4ccccc4)c(Oc4ccccc4)c3)c2)cc1. The van der Waals surface area contributed by atoms with Gasteiger partial charge in [0, 0.05) is 11.6 Å². The number of hydrogen-bond acceptors (Lipinski definition) is 4. The zero-order chi connectivity index (χ0) is 27.0. The van der Waals surface area contributed by atoms with E-state index in [9.17, 15) is 0 Å². The van der Waals surface area contributed by atoms with E-state index >= 15 is 0 Å². The van der Waals surface area contributed by atoms with E-state index in [1.165, 1.54) is 0 Å². The maximum absolute atomic E-state index is 6.37. The van der Waals surface area contributed by atoms with E-state index in [1.54, 1.807) is 0 Å². The molecule has 0 heterocycles. The predicted molar refractivity (Wildman–Crippen MR) is 158 cm³/mol. The first-order valence-corrected chi connectivity index (χ1v) is 13.0. The molecule has 0 fully saturated rings. The first-order valence-electron chi connectivity index (χ1n) is 13.0. The lowest BCUT2D eigenvalue weighted by Gasteiger charge is -2.16. The minimum absolute atomic E-state index is 0.598. The lowest BCUT2D eigenvalue weighted by Crippen LogP contribution is -1.93. The molecule has 6 aromatic rings. The molecule has 0 amide bonds. The van der Waals surface area contributed by atoms with Crippen LogP contribution < -0.4 is 18.9 Å². The predicted octanol–water partition coefficient (Wildman–Crippen LogP) is 10.5. The molecule has 0 spiro atoms. The molecule has 0 bridgehead atoms. The maximum Gasteiger partial charge on any atom is 0.170 e. The lowest BCUT2D eigenvalue weighted by molar-refractivity contribution is 0.419. The summed E-state index contributed by atoms with van der Waals surface area (Å²) in [5.74, 6) is 5.51. The van der Waals surface area contributed by atoms with E-state index in [1.807, 2.05) is 158 Å². The molecule has 0 aliphatic rings. The number of hydrogen-bond donors (Lipinski definition) is 0. The molecule has 0 unspecified atom stereocenters. The third kappa shape index (κ3) is 6.14. The van der Waals surface area contributed by atoms with E-state index in [0.717, 1.165) is 28.4 Å². The van der Waals surface area contributed by atoms with E-state index in [-0.39, 0.29) is 0 Å². The van der Waals surface area contributed by atoms with Crippen molar-refractivity contribution in [3.8, 4) is 57.1 Å². The summed E-state index contributed by atoms with van der Waals surface area (Å²) >= 11 is 0. The molecular formula is C36H26O4. The molecule has 0 aromatic heterocycles. The fourth-order valence-electron chi connectivity index (χ4n) is 4.22. The Hall–Kier alpha value is -5.48. The van der Waals surface area contributed by atoms with Gasteiger partial charge >= 0.3 is 0 Å². The van der Waals surface area contributed by atoms with Crippen LogP contribution in [0, 0.1) is 0 Å². The van der Waals surface area contributed by atoms with Crippen LogP contribution in [0.5, 0.6) is 46.0 Å². The fraction of sp³-hybridized carbons (Fsp3) is 0. The maximum atomic E-state index is 6.37. The fourth-order valence-corrected chi connectivity index (χ4v) is 4.22. The van der Waals surface area contributed by atoms with Gasteiger partial charge in [0.2, 0.25) is 0 Å². The van der Waals surface area contributed by atoms with Gasteiger partial charge in [0.25, 0.3) is 0 Å². The van der Waals surface area contributed by atoms with Gasteiger partial charge in [-0.25, -0.2) is 0 Å². The minimum Gasteiger partial charge on any atom is -0.457 e. The topological polar surface area (TPSA) is 36.9 Å². The van der Waals surface area contributed by atoms with Crippen molar-refractivity contribution in [1.29, 1.82) is 0 Å². The Morgan fingerprint density at radius 3 is 1.40 bits per heavy atom. The van der Waals surface area contributed by atoms with E-state index < -0.39 is 0 Å². The van der Waals surface area contributed by atoms with Crippen LogP contribution in [0.2, 0.25) is 0 Å². The Kier molecular flexibility index (Phi) is 7.40. The molecule has 40 heavy (non-hydrogen) atoms. The Balaban J connectivity index is 1.31. The molecule has 6 aromatic carbocycles. The molecule has 0 radical (unpaired) electrons. The average Bonchev–Trinajstić information content (AvgIpc) is 3.00. The molecular weight excluding hydrogens is 496 g/mol. The van der Waals surface area contributed by atoms with Crippen molar-refractivity contribution in [3.05, 3.63) is 158 Å². The number of para-hydroxylation sites is 4. The van der Waals surface area contributed by atoms with Crippen molar-refractivity contribution in [2.45, 2.75) is 0 Å². The highest BCUT2D eigenvalue weighted by Gasteiger charge is 2.14. The summed E-state index contributed by atoms with van der Waals surface area (Å²) in [6.07, 6.45) is 0. The molecule has 0 N–H and O–H groups in total. The van der Waals surface area contributed by atoms with Crippen LogP contribution in [0.4, 0.5) is 0 Å². The van der Waals surface area contributed by atoms with Crippen LogP contribution in [-0.2, 0) is 0 Å². The average molecular weight is 523 g/mol. The highest BCUT2D eigenvalue weighted by atomic mass is 16.5. The van der Waals surface area contributed by atoms with E-state index in [2.05, 4.69) is 0 Å². The second-order valence-corrected chi connectivity index (χ2v) is 8.98. The summed E-state index contributed by atoms with van der Waals surface area (Å²) in [6.45, 7) is 0. The van der Waals surface area contributed by atoms with Crippen LogP contribution in [-0.4, -0.2) is 0 Å². The Morgan fingerprint density at radius 2 is 0.750 bits per heavy atom. The van der Waals surface area contributed by atoms with Crippen LogP contribution in [0.3, 0.4) is 0 Å². The van der Waals surface area contributed by atoms with Gasteiger partial charge in [-0.3, -0.25) is 0 Å². The first kappa shape index (κ1) is 24.8. The standard InChI is InChI=1S/C36H26O4/c1-4-13-28(14-5-1)37-31-19-12-20-32(26-31)40-34-22-11-10-21-33(34)27-23-24-35(38-29-15-6-2-7-16-29)36(25-27)39-30-17-8-3-9-18-30/h1-26H. The van der Waals surface area contributed by atoms with Crippen molar-refractivity contribution >= 4 is 0 Å². The monoisotopic (exact) mass is 522 g/mol. The van der Waals surface area contributed by atoms with Gasteiger partial charge in [-0.05, 0) is 72.3 Å². The van der Waals surface area contributed by atoms with E-state index in [0.29, 0.717) is 28.7 Å². The molecule has 4 nitrogen and oxygen atoms in total. The van der Waals surface area contributed by atoms with Gasteiger partial charge in [0.1, 0.15) is 34.5 Å². The molecule has 0 atom stereocenters. The number of rotatable bonds is 9. The number of benzene rings is 6. The second-order valence-electron chi connectivity index (χ2n) is 8.98. The molecule has 6 rings (SSSR count). The van der Waals surface area contributed by atoms with Crippen LogP contribution in [0.25, 0.3) is 11.1 Å². The summed E-state index contributed by atoms with van der Waals surface area (Å²) in [4.78, 5) is 0. The van der Waals surface area contributed by atoms with Crippen molar-refractivity contribution in [1.82, 2.24) is 0 Å². The quantitative estimate of drug-likeness (QED) is 0.189. The molecule has 194 valence electrons. The van der Waals surface area contributed by atoms with Gasteiger partial charge in [0.15, 0.2) is 11.5 Å². The summed E-state index contributed by atoms with van der Waals surface area (Å²) in [5, 5.41) is 0. The third-order valence-corrected chi connectivity index (χ3v) is 6.10. The molecule has 4 heteroatoms. The Labute approximate surface area is 233 Å². The smallest absolute Gasteiger partial charge is 0.170 e. The van der Waals surface area contributed by atoms with Crippen molar-refractivity contribution < 1.29 is 18.9 Å². The van der Waals surface area contributed by atoms with Crippen LogP contribution in [0.15, 0.2) is 158 Å². The Morgan fingerprint density at radius 1 is 0.275 bits per heavy atom. The Bertz CT molecular complexity index is 1680. The summed E-state index contributed by atoms with van der Waals surface area (Å²) in [6, 6.07) is 50.5. The highest BCUT2D eigenvalue weighted by molar-refractivity contribution is 5.73. The van der Waals surface area contributed by atoms with Gasteiger partial charge in [-0.2, -0.15) is 0 Å². The molecule has 0 saturated heterocycles. The van der Waals surface area contributed by atoms with Gasteiger partial charge < -0.3 is 18.9 Å². The highest BCUT2D eigenvalue weighted by Crippen LogP contribution is 2.41. The zero-order valence-electron chi connectivity index (χ0n) is 21.6. The van der Waals surface area contributed by atoms with Crippen LogP contribution in [0.1, 0.15) is 0 Å². The molecule has 0 aliphatic carbocycles. The molecule has 0 aliphatic heterocycles. The zero-order valence-corrected chi connectivity index (χ0v) is 21.6. The summed E-state index contributed by atoms with van der Waals surface area (Å²) in [7, 11) is 0. The first-order chi connectivity index (χ1) is 19.8. The van der Waals surface area contributed by atoms with Crippen molar-refractivity contribution in [2.75, 3.05) is 0 Å². The third-order valence-electron chi connectivity index (χ3n) is 6.10. The van der Waals surface area contributed by atoms with Gasteiger partial charge in [-0.15, -0.1) is 0 Å². The van der Waals surface area contributed by atoms with Gasteiger partial charge in [-0.1, -0.05) is 84.9 Å². The van der Waals surface area contributed by atoms with Crippen molar-refractivity contribution in [2.24, 2.45) is 0 Å². The summed E-state index contributed by atoms with van der Waals surface area (Å²) in [5.41, 5.74) is 1.85.